The largest absolute Gasteiger partial charge is 0.208 e. The van der Waals surface area contributed by atoms with Gasteiger partial charge in [-0.2, -0.15) is 5.26 Å². The van der Waals surface area contributed by atoms with Crippen LogP contribution in [0.5, 0.6) is 0 Å². The lowest BCUT2D eigenvalue weighted by molar-refractivity contribution is -0.00518. The molecule has 0 saturated heterocycles. The molecule has 0 spiro atoms. The molecule has 4 fully saturated rings. The highest BCUT2D eigenvalue weighted by Crippen LogP contribution is 2.60. The number of nitrogens with zero attached hydrogens (tertiary/aromatic N) is 4. The lowest BCUT2D eigenvalue weighted by Gasteiger charge is -2.57. The zero-order valence-corrected chi connectivity index (χ0v) is 29.2. The van der Waals surface area contributed by atoms with E-state index < -0.39 is 0 Å². The molecule has 4 nitrogen and oxygen atoms in total. The van der Waals surface area contributed by atoms with E-state index in [1.165, 1.54) is 66.3 Å². The Bertz CT molecular complexity index is 2350. The Balaban J connectivity index is 1.08. The van der Waals surface area contributed by atoms with Crippen LogP contribution in [0.2, 0.25) is 0 Å². The third-order valence-electron chi connectivity index (χ3n) is 12.7. The molecule has 0 unspecified atom stereocenters. The van der Waals surface area contributed by atoms with E-state index in [-0.39, 0.29) is 5.41 Å². The summed E-state index contributed by atoms with van der Waals surface area (Å²) in [7, 11) is 0. The van der Waals surface area contributed by atoms with Gasteiger partial charge in [-0.05, 0) is 125 Å². The zero-order chi connectivity index (χ0) is 34.3. The van der Waals surface area contributed by atoms with E-state index in [0.717, 1.165) is 45.6 Å². The summed E-state index contributed by atoms with van der Waals surface area (Å²) in [6.07, 6.45) is 8.41. The molecule has 1 heterocycles. The van der Waals surface area contributed by atoms with Crippen molar-refractivity contribution in [2.24, 2.45) is 17.8 Å². The van der Waals surface area contributed by atoms with Crippen LogP contribution in [0.25, 0.3) is 56.4 Å². The molecule has 0 amide bonds. The molecule has 1 aromatic heterocycles. The molecule has 5 aromatic carbocycles. The topological polar surface area (TPSA) is 62.5 Å². The van der Waals surface area contributed by atoms with Gasteiger partial charge in [0.2, 0.25) is 0 Å². The Labute approximate surface area is 300 Å². The Morgan fingerprint density at radius 3 is 1.71 bits per heavy atom. The number of benzene rings is 5. The highest BCUT2D eigenvalue weighted by Gasteiger charge is 2.51. The van der Waals surface area contributed by atoms with Crippen LogP contribution in [0.4, 0.5) is 0 Å². The van der Waals surface area contributed by atoms with Gasteiger partial charge in [0, 0.05) is 22.1 Å². The zero-order valence-electron chi connectivity index (χ0n) is 29.2. The summed E-state index contributed by atoms with van der Waals surface area (Å²) in [5, 5.41) is 9.63. The van der Waals surface area contributed by atoms with E-state index >= 15 is 0 Å². The van der Waals surface area contributed by atoms with Gasteiger partial charge in [-0.3, -0.25) is 0 Å². The monoisotopic (exact) mass is 660 g/mol. The minimum atomic E-state index is -0.261. The molecule has 11 rings (SSSR count). The van der Waals surface area contributed by atoms with Gasteiger partial charge in [0.15, 0.2) is 17.5 Å². The van der Waals surface area contributed by atoms with Crippen LogP contribution in [0.1, 0.15) is 74.6 Å². The van der Waals surface area contributed by atoms with Crippen LogP contribution in [-0.2, 0) is 10.8 Å². The molecule has 0 N–H and O–H groups in total. The summed E-state index contributed by atoms with van der Waals surface area (Å²) in [4.78, 5) is 15.5. The minimum Gasteiger partial charge on any atom is -0.208 e. The molecule has 6 aromatic rings. The summed E-state index contributed by atoms with van der Waals surface area (Å²) in [5.74, 6) is 4.76. The fourth-order valence-electron chi connectivity index (χ4n) is 10.6. The van der Waals surface area contributed by atoms with Gasteiger partial charge < -0.3 is 0 Å². The van der Waals surface area contributed by atoms with Gasteiger partial charge >= 0.3 is 0 Å². The van der Waals surface area contributed by atoms with Crippen molar-refractivity contribution >= 4 is 0 Å². The number of fused-ring (bicyclic) bond motifs is 3. The Morgan fingerprint density at radius 1 is 0.529 bits per heavy atom. The number of nitriles is 1. The van der Waals surface area contributed by atoms with Crippen molar-refractivity contribution in [1.29, 1.82) is 5.26 Å². The molecular formula is C47H40N4. The van der Waals surface area contributed by atoms with Crippen LogP contribution in [0.15, 0.2) is 115 Å². The minimum absolute atomic E-state index is 0.261. The lowest BCUT2D eigenvalue weighted by atomic mass is 9.48. The molecule has 0 atom stereocenters. The van der Waals surface area contributed by atoms with E-state index in [9.17, 15) is 5.26 Å². The van der Waals surface area contributed by atoms with Crippen molar-refractivity contribution in [1.82, 2.24) is 15.0 Å². The molecule has 51 heavy (non-hydrogen) atoms. The van der Waals surface area contributed by atoms with Crippen molar-refractivity contribution in [3.05, 3.63) is 138 Å². The fourth-order valence-corrected chi connectivity index (χ4v) is 10.6. The number of hydrogen-bond acceptors (Lipinski definition) is 4. The van der Waals surface area contributed by atoms with E-state index in [1.54, 1.807) is 0 Å². The molecule has 5 aliphatic carbocycles. The molecule has 0 radical (unpaired) electrons. The highest BCUT2D eigenvalue weighted by molar-refractivity contribution is 5.84. The lowest BCUT2D eigenvalue weighted by Crippen LogP contribution is -2.48. The summed E-state index contributed by atoms with van der Waals surface area (Å²) < 4.78 is 0. The maximum absolute atomic E-state index is 9.63. The van der Waals surface area contributed by atoms with Gasteiger partial charge in [-0.1, -0.05) is 105 Å². The van der Waals surface area contributed by atoms with Crippen LogP contribution < -0.4 is 0 Å². The fraction of sp³-hybridized carbons (Fsp3) is 0.277. The van der Waals surface area contributed by atoms with Gasteiger partial charge in [0.1, 0.15) is 0 Å². The molecule has 248 valence electrons. The second kappa shape index (κ2) is 11.3. The number of aromatic nitrogens is 3. The molecule has 4 bridgehead atoms. The number of hydrogen-bond donors (Lipinski definition) is 0. The van der Waals surface area contributed by atoms with Gasteiger partial charge in [-0.15, -0.1) is 0 Å². The third kappa shape index (κ3) is 4.97. The smallest absolute Gasteiger partial charge is 0.164 e. The van der Waals surface area contributed by atoms with Gasteiger partial charge in [0.05, 0.1) is 11.6 Å². The average Bonchev–Trinajstić information content (AvgIpc) is 3.39. The maximum Gasteiger partial charge on any atom is 0.164 e. The van der Waals surface area contributed by atoms with Crippen LogP contribution in [0.3, 0.4) is 0 Å². The molecule has 4 saturated carbocycles. The Hall–Kier alpha value is -5.40. The van der Waals surface area contributed by atoms with E-state index in [2.05, 4.69) is 117 Å². The van der Waals surface area contributed by atoms with Gasteiger partial charge in [-0.25, -0.2) is 15.0 Å². The summed E-state index contributed by atoms with van der Waals surface area (Å²) >= 11 is 0. The Morgan fingerprint density at radius 2 is 1.06 bits per heavy atom. The SMILES string of the molecule is CC1(C)c2cc(C#N)ccc2-c2ccc(-c3nc(-c4ccc(C56C[C@H]7C[C@H](C5)C[C@@H](C6)C7)cc4)nc(-c4cccc(-c5ccccc5)c4)n3)cc21. The highest BCUT2D eigenvalue weighted by atomic mass is 15.0. The normalized spacial score (nSPS) is 23.4. The van der Waals surface area contributed by atoms with Crippen molar-refractivity contribution in [3.8, 4) is 62.5 Å². The summed E-state index contributed by atoms with van der Waals surface area (Å²) in [6, 6.07) is 43.2. The second-order valence-corrected chi connectivity index (χ2v) is 16.3. The summed E-state index contributed by atoms with van der Waals surface area (Å²) in [6.45, 7) is 4.49. The van der Waals surface area contributed by atoms with E-state index in [1.807, 2.05) is 18.2 Å². The number of rotatable bonds is 5. The van der Waals surface area contributed by atoms with Crippen molar-refractivity contribution < 1.29 is 0 Å². The standard InChI is InChI=1S/C47H40N4/c1-46(2)41-22-29(28-48)11-17-39(41)40-18-14-37(24-42(40)46)45-50-43(49-44(51-45)36-10-6-9-35(23-36)33-7-4-3-5-8-33)34-12-15-38(16-13-34)47-25-30-19-31(26-47)21-32(20-30)27-47/h3-18,22-24,30-32H,19-21,25-27H2,1-2H3/t30-,31-,32-,47?. The van der Waals surface area contributed by atoms with Crippen LogP contribution in [0, 0.1) is 29.1 Å². The maximum atomic E-state index is 9.63. The second-order valence-electron chi connectivity index (χ2n) is 16.3. The summed E-state index contributed by atoms with van der Waals surface area (Å²) in [5.41, 5.74) is 12.3. The molecule has 4 heteroatoms. The van der Waals surface area contributed by atoms with Crippen LogP contribution in [-0.4, -0.2) is 15.0 Å². The van der Waals surface area contributed by atoms with Crippen molar-refractivity contribution in [3.63, 3.8) is 0 Å². The van der Waals surface area contributed by atoms with E-state index in [4.69, 9.17) is 15.0 Å². The predicted octanol–water partition coefficient (Wildman–Crippen LogP) is 11.2. The average molecular weight is 661 g/mol. The first kappa shape index (κ1) is 30.4. The first-order chi connectivity index (χ1) is 24.8. The third-order valence-corrected chi connectivity index (χ3v) is 12.7. The first-order valence-corrected chi connectivity index (χ1v) is 18.6. The molecule has 5 aliphatic rings. The van der Waals surface area contributed by atoms with Crippen molar-refractivity contribution in [2.45, 2.75) is 63.2 Å². The van der Waals surface area contributed by atoms with Crippen molar-refractivity contribution in [2.75, 3.05) is 0 Å². The molecular weight excluding hydrogens is 621 g/mol. The molecule has 0 aliphatic heterocycles. The van der Waals surface area contributed by atoms with Crippen LogP contribution >= 0.6 is 0 Å². The van der Waals surface area contributed by atoms with Gasteiger partial charge in [0.25, 0.3) is 0 Å². The predicted molar refractivity (Wildman–Crippen MR) is 204 cm³/mol. The first-order valence-electron chi connectivity index (χ1n) is 18.6. The quantitative estimate of drug-likeness (QED) is 0.185. The van der Waals surface area contributed by atoms with E-state index in [0.29, 0.717) is 28.5 Å². The Kier molecular flexibility index (Phi) is 6.74.